The van der Waals surface area contributed by atoms with Crippen LogP contribution < -0.4 is 5.32 Å². The highest BCUT2D eigenvalue weighted by Crippen LogP contribution is 2.28. The van der Waals surface area contributed by atoms with Gasteiger partial charge in [-0.15, -0.1) is 0 Å². The van der Waals surface area contributed by atoms with Crippen molar-refractivity contribution in [1.82, 2.24) is 5.32 Å². The van der Waals surface area contributed by atoms with Crippen molar-refractivity contribution in [2.75, 3.05) is 6.54 Å². The molecule has 1 aliphatic rings. The molecule has 2 atom stereocenters. The van der Waals surface area contributed by atoms with Crippen LogP contribution in [0.2, 0.25) is 0 Å². The summed E-state index contributed by atoms with van der Waals surface area (Å²) in [5.41, 5.74) is 0. The van der Waals surface area contributed by atoms with E-state index in [-0.39, 0.29) is 0 Å². The van der Waals surface area contributed by atoms with Crippen LogP contribution in [0.3, 0.4) is 0 Å². The third kappa shape index (κ3) is 6.78. The second-order valence-electron chi connectivity index (χ2n) is 6.48. The lowest BCUT2D eigenvalue weighted by Gasteiger charge is -2.26. The number of hydrogen-bond acceptors (Lipinski definition) is 1. The molecule has 1 saturated carbocycles. The molecule has 0 saturated heterocycles. The molecule has 0 amide bonds. The molecule has 108 valence electrons. The average molecular weight is 253 g/mol. The Hall–Kier alpha value is -0.0400. The minimum atomic E-state index is 0.777. The van der Waals surface area contributed by atoms with Gasteiger partial charge in [-0.3, -0.25) is 0 Å². The van der Waals surface area contributed by atoms with Crippen LogP contribution in [0.15, 0.2) is 0 Å². The molecule has 1 heteroatoms. The fourth-order valence-electron chi connectivity index (χ4n) is 3.65. The molecule has 1 aliphatic carbocycles. The van der Waals surface area contributed by atoms with Crippen molar-refractivity contribution in [3.63, 3.8) is 0 Å². The molecule has 0 aromatic carbocycles. The van der Waals surface area contributed by atoms with Crippen molar-refractivity contribution in [1.29, 1.82) is 0 Å². The van der Waals surface area contributed by atoms with E-state index in [0.717, 1.165) is 24.4 Å². The van der Waals surface area contributed by atoms with E-state index in [1.165, 1.54) is 64.2 Å². The quantitative estimate of drug-likeness (QED) is 0.590. The van der Waals surface area contributed by atoms with Crippen LogP contribution in [0.4, 0.5) is 0 Å². The number of rotatable bonds is 8. The Bertz CT molecular complexity index is 182. The number of nitrogens with one attached hydrogen (secondary N) is 1. The van der Waals surface area contributed by atoms with Crippen molar-refractivity contribution in [3.05, 3.63) is 0 Å². The van der Waals surface area contributed by atoms with E-state index in [2.05, 4.69) is 26.1 Å². The van der Waals surface area contributed by atoms with Crippen LogP contribution in [0.5, 0.6) is 0 Å². The average Bonchev–Trinajstić information content (AvgIpc) is 2.58. The summed E-state index contributed by atoms with van der Waals surface area (Å²) in [4.78, 5) is 0. The zero-order valence-corrected chi connectivity index (χ0v) is 13.0. The Morgan fingerprint density at radius 1 is 1.06 bits per heavy atom. The summed E-state index contributed by atoms with van der Waals surface area (Å²) < 4.78 is 0. The van der Waals surface area contributed by atoms with Crippen molar-refractivity contribution in [2.45, 2.75) is 91.0 Å². The van der Waals surface area contributed by atoms with Crippen LogP contribution in [-0.2, 0) is 0 Å². The fraction of sp³-hybridized carbons (Fsp3) is 1.00. The summed E-state index contributed by atoms with van der Waals surface area (Å²) in [6, 6.07) is 0.777. The molecule has 0 bridgehead atoms. The second kappa shape index (κ2) is 9.83. The second-order valence-corrected chi connectivity index (χ2v) is 6.48. The first-order chi connectivity index (χ1) is 8.76. The van der Waals surface area contributed by atoms with Crippen LogP contribution in [0.25, 0.3) is 0 Å². The normalized spacial score (nSPS) is 21.5. The molecule has 1 fully saturated rings. The van der Waals surface area contributed by atoms with Gasteiger partial charge < -0.3 is 5.32 Å². The van der Waals surface area contributed by atoms with E-state index in [0.29, 0.717) is 0 Å². The van der Waals surface area contributed by atoms with E-state index >= 15 is 0 Å². The Morgan fingerprint density at radius 2 is 1.72 bits per heavy atom. The van der Waals surface area contributed by atoms with Crippen molar-refractivity contribution in [2.24, 2.45) is 11.8 Å². The lowest BCUT2D eigenvalue weighted by atomic mass is 9.87. The fourth-order valence-corrected chi connectivity index (χ4v) is 3.65. The zero-order valence-electron chi connectivity index (χ0n) is 13.0. The first kappa shape index (κ1) is 16.0. The molecule has 0 aromatic heterocycles. The lowest BCUT2D eigenvalue weighted by Crippen LogP contribution is -2.32. The highest BCUT2D eigenvalue weighted by molar-refractivity contribution is 4.75. The maximum atomic E-state index is 3.74. The van der Waals surface area contributed by atoms with Crippen LogP contribution in [0.1, 0.15) is 85.0 Å². The summed E-state index contributed by atoms with van der Waals surface area (Å²) in [5, 5.41) is 3.74. The molecule has 0 heterocycles. The molecule has 1 nitrogen and oxygen atoms in total. The molecule has 1 rings (SSSR count). The predicted molar refractivity (Wildman–Crippen MR) is 82.0 cm³/mol. The molecular weight excluding hydrogens is 218 g/mol. The first-order valence-electron chi connectivity index (χ1n) is 8.49. The Balaban J connectivity index is 2.34. The minimum Gasteiger partial charge on any atom is -0.314 e. The third-order valence-electron chi connectivity index (χ3n) is 4.55. The number of hydrogen-bond donors (Lipinski definition) is 1. The van der Waals surface area contributed by atoms with Gasteiger partial charge in [0.25, 0.3) is 0 Å². The van der Waals surface area contributed by atoms with E-state index in [9.17, 15) is 0 Å². The maximum Gasteiger partial charge on any atom is 0.00721 e. The predicted octanol–water partition coefficient (Wildman–Crippen LogP) is 5.15. The van der Waals surface area contributed by atoms with E-state index in [1.54, 1.807) is 0 Å². The molecule has 0 spiro atoms. The van der Waals surface area contributed by atoms with E-state index in [1.807, 2.05) is 0 Å². The zero-order chi connectivity index (χ0) is 13.2. The van der Waals surface area contributed by atoms with Crippen molar-refractivity contribution >= 4 is 0 Å². The van der Waals surface area contributed by atoms with E-state index < -0.39 is 0 Å². The Kier molecular flexibility index (Phi) is 8.75. The summed E-state index contributed by atoms with van der Waals surface area (Å²) in [6.45, 7) is 8.13. The molecule has 0 aromatic rings. The molecular formula is C17H35N. The smallest absolute Gasteiger partial charge is 0.00721 e. The van der Waals surface area contributed by atoms with Gasteiger partial charge in [0.2, 0.25) is 0 Å². The van der Waals surface area contributed by atoms with Crippen LogP contribution in [-0.4, -0.2) is 12.6 Å². The SMILES string of the molecule is CCCC(C)CC(CC1CCCCCC1)NCC. The van der Waals surface area contributed by atoms with Crippen LogP contribution >= 0.6 is 0 Å². The maximum absolute atomic E-state index is 3.74. The van der Waals surface area contributed by atoms with Gasteiger partial charge in [0.1, 0.15) is 0 Å². The first-order valence-corrected chi connectivity index (χ1v) is 8.49. The van der Waals surface area contributed by atoms with Gasteiger partial charge in [-0.05, 0) is 31.2 Å². The molecule has 1 N–H and O–H groups in total. The van der Waals surface area contributed by atoms with Gasteiger partial charge in [0.15, 0.2) is 0 Å². The molecule has 18 heavy (non-hydrogen) atoms. The topological polar surface area (TPSA) is 12.0 Å². The third-order valence-corrected chi connectivity index (χ3v) is 4.55. The van der Waals surface area contributed by atoms with Gasteiger partial charge >= 0.3 is 0 Å². The monoisotopic (exact) mass is 253 g/mol. The van der Waals surface area contributed by atoms with Gasteiger partial charge in [-0.2, -0.15) is 0 Å². The summed E-state index contributed by atoms with van der Waals surface area (Å²) >= 11 is 0. The molecule has 0 aliphatic heterocycles. The summed E-state index contributed by atoms with van der Waals surface area (Å²) in [5.74, 6) is 1.90. The van der Waals surface area contributed by atoms with E-state index in [4.69, 9.17) is 0 Å². The largest absolute Gasteiger partial charge is 0.314 e. The summed E-state index contributed by atoms with van der Waals surface area (Å²) in [7, 11) is 0. The van der Waals surface area contributed by atoms with Crippen molar-refractivity contribution < 1.29 is 0 Å². The molecule has 2 unspecified atom stereocenters. The van der Waals surface area contributed by atoms with Gasteiger partial charge in [0, 0.05) is 6.04 Å². The minimum absolute atomic E-state index is 0.777. The van der Waals surface area contributed by atoms with Gasteiger partial charge in [-0.1, -0.05) is 72.1 Å². The van der Waals surface area contributed by atoms with Crippen LogP contribution in [0, 0.1) is 11.8 Å². The standard InChI is InChI=1S/C17H35N/c1-4-10-15(3)13-17(18-5-2)14-16-11-8-6-7-9-12-16/h15-18H,4-14H2,1-3H3. The van der Waals surface area contributed by atoms with Gasteiger partial charge in [-0.25, -0.2) is 0 Å². The summed E-state index contributed by atoms with van der Waals surface area (Å²) in [6.07, 6.45) is 14.5. The highest BCUT2D eigenvalue weighted by atomic mass is 14.9. The highest BCUT2D eigenvalue weighted by Gasteiger charge is 2.19. The van der Waals surface area contributed by atoms with Gasteiger partial charge in [0.05, 0.1) is 0 Å². The lowest BCUT2D eigenvalue weighted by molar-refractivity contribution is 0.307. The van der Waals surface area contributed by atoms with Crippen molar-refractivity contribution in [3.8, 4) is 0 Å². The Morgan fingerprint density at radius 3 is 2.28 bits per heavy atom. The molecule has 0 radical (unpaired) electrons. The Labute approximate surface area is 115 Å².